The van der Waals surface area contributed by atoms with E-state index >= 15 is 0 Å². The number of hydrogen-bond donors (Lipinski definition) is 0. The Hall–Kier alpha value is -3.36. The molecule has 3 heterocycles. The fourth-order valence-corrected chi connectivity index (χ4v) is 3.90. The number of anilines is 2. The van der Waals surface area contributed by atoms with E-state index in [1.165, 1.54) is 4.57 Å². The van der Waals surface area contributed by atoms with Crippen LogP contribution in [0.2, 0.25) is 0 Å². The Balaban J connectivity index is 1.89. The van der Waals surface area contributed by atoms with Gasteiger partial charge in [-0.15, -0.1) is 0 Å². The highest BCUT2D eigenvalue weighted by Gasteiger charge is 2.29. The number of fused-ring (bicyclic) bond motifs is 3. The molecule has 0 N–H and O–H groups in total. The third-order valence-electron chi connectivity index (χ3n) is 5.11. The number of carbonyl (C=O) groups is 1. The van der Waals surface area contributed by atoms with Gasteiger partial charge in [-0.25, -0.2) is 9.36 Å². The average Bonchev–Trinajstić information content (AvgIpc) is 3.22. The van der Waals surface area contributed by atoms with Gasteiger partial charge < -0.3 is 14.2 Å². The molecule has 1 aliphatic heterocycles. The first-order valence-electron chi connectivity index (χ1n) is 9.53. The Morgan fingerprint density at radius 2 is 1.83 bits per heavy atom. The van der Waals surface area contributed by atoms with Crippen molar-refractivity contribution in [3.05, 3.63) is 50.2 Å². The van der Waals surface area contributed by atoms with E-state index in [2.05, 4.69) is 23.2 Å². The predicted octanol–water partition coefficient (Wildman–Crippen LogP) is 1.23. The molecule has 1 aromatic carbocycles. The van der Waals surface area contributed by atoms with E-state index in [-0.39, 0.29) is 6.61 Å². The van der Waals surface area contributed by atoms with Crippen LogP contribution in [0.15, 0.2) is 27.8 Å². The van der Waals surface area contributed by atoms with E-state index in [1.807, 2.05) is 23.3 Å². The van der Waals surface area contributed by atoms with Gasteiger partial charge in [0.2, 0.25) is 5.95 Å². The molecule has 2 aromatic heterocycles. The van der Waals surface area contributed by atoms with Crippen LogP contribution < -0.4 is 16.1 Å². The molecule has 9 nitrogen and oxygen atoms in total. The number of nitrogens with zero attached hydrogens (tertiary/aromatic N) is 5. The third kappa shape index (κ3) is 3.02. The molecule has 1 aliphatic rings. The summed E-state index contributed by atoms with van der Waals surface area (Å²) in [5, 5.41) is 0. The molecule has 0 saturated carbocycles. The van der Waals surface area contributed by atoms with Crippen molar-refractivity contribution in [2.24, 2.45) is 7.05 Å². The van der Waals surface area contributed by atoms with Gasteiger partial charge in [-0.2, -0.15) is 4.98 Å². The van der Waals surface area contributed by atoms with Gasteiger partial charge in [-0.1, -0.05) is 6.07 Å². The smallest absolute Gasteiger partial charge is 0.333 e. The second kappa shape index (κ2) is 6.91. The molecule has 0 aliphatic carbocycles. The number of benzene rings is 1. The van der Waals surface area contributed by atoms with Crippen molar-refractivity contribution in [2.75, 3.05) is 18.1 Å². The molecule has 0 amide bonds. The normalized spacial score (nSPS) is 13.2. The first-order chi connectivity index (χ1) is 13.8. The fourth-order valence-electron chi connectivity index (χ4n) is 3.90. The Kier molecular flexibility index (Phi) is 4.52. The molecule has 9 heteroatoms. The van der Waals surface area contributed by atoms with Crippen molar-refractivity contribution in [3.8, 4) is 0 Å². The second-order valence-corrected chi connectivity index (χ2v) is 7.27. The molecule has 0 radical (unpaired) electrons. The van der Waals surface area contributed by atoms with Crippen molar-refractivity contribution in [2.45, 2.75) is 33.9 Å². The lowest BCUT2D eigenvalue weighted by molar-refractivity contribution is -0.143. The number of carbonyl (C=O) groups excluding carboxylic acids is 1. The minimum atomic E-state index is -0.621. The van der Waals surface area contributed by atoms with Gasteiger partial charge in [0.25, 0.3) is 5.56 Å². The number of aromatic nitrogens is 4. The lowest BCUT2D eigenvalue weighted by atomic mass is 10.1. The fraction of sp³-hybridized carbons (Fsp3) is 0.400. The number of imidazole rings is 1. The van der Waals surface area contributed by atoms with Crippen molar-refractivity contribution in [1.82, 2.24) is 18.7 Å². The lowest BCUT2D eigenvalue weighted by Gasteiger charge is -2.17. The standard InChI is InChI=1S/C20H23N5O4/c1-5-29-15(26)11-25-18(27)16-17(22(4)20(25)28)21-19-23(6-7-24(16)19)14-9-12(2)8-13(3)10-14/h8-10H,5-7,11H2,1-4H3. The summed E-state index contributed by atoms with van der Waals surface area (Å²) in [4.78, 5) is 44.3. The molecule has 0 spiro atoms. The monoisotopic (exact) mass is 397 g/mol. The van der Waals surface area contributed by atoms with Crippen LogP contribution in [0.5, 0.6) is 0 Å². The van der Waals surface area contributed by atoms with Crippen LogP contribution in [0.3, 0.4) is 0 Å². The molecular formula is C20H23N5O4. The first-order valence-corrected chi connectivity index (χ1v) is 9.53. The summed E-state index contributed by atoms with van der Waals surface area (Å²) in [5.74, 6) is -0.00458. The molecule has 4 rings (SSSR count). The van der Waals surface area contributed by atoms with Gasteiger partial charge in [0, 0.05) is 25.8 Å². The Morgan fingerprint density at radius 1 is 1.14 bits per heavy atom. The molecule has 0 unspecified atom stereocenters. The van der Waals surface area contributed by atoms with Gasteiger partial charge in [0.1, 0.15) is 6.54 Å². The zero-order valence-corrected chi connectivity index (χ0v) is 16.9. The van der Waals surface area contributed by atoms with Crippen LogP contribution in [-0.2, 0) is 29.7 Å². The van der Waals surface area contributed by atoms with Gasteiger partial charge in [-0.3, -0.25) is 14.2 Å². The molecule has 0 bridgehead atoms. The minimum absolute atomic E-state index is 0.184. The maximum Gasteiger partial charge on any atom is 0.333 e. The average molecular weight is 397 g/mol. The molecular weight excluding hydrogens is 374 g/mol. The number of aryl methyl sites for hydroxylation is 3. The number of rotatable bonds is 4. The molecule has 3 aromatic rings. The molecule has 0 saturated heterocycles. The summed E-state index contributed by atoms with van der Waals surface area (Å²) >= 11 is 0. The van der Waals surface area contributed by atoms with Crippen LogP contribution in [0.1, 0.15) is 18.1 Å². The number of ether oxygens (including phenoxy) is 1. The van der Waals surface area contributed by atoms with Gasteiger partial charge in [0.15, 0.2) is 11.2 Å². The van der Waals surface area contributed by atoms with Crippen molar-refractivity contribution >= 4 is 28.8 Å². The Bertz CT molecular complexity index is 1230. The molecule has 0 fully saturated rings. The van der Waals surface area contributed by atoms with E-state index < -0.39 is 23.8 Å². The Labute approximate surface area is 166 Å². The summed E-state index contributed by atoms with van der Waals surface area (Å²) in [6.07, 6.45) is 0. The van der Waals surface area contributed by atoms with E-state index in [0.29, 0.717) is 30.2 Å². The van der Waals surface area contributed by atoms with Crippen LogP contribution in [0.4, 0.5) is 11.6 Å². The van der Waals surface area contributed by atoms with Crippen molar-refractivity contribution in [3.63, 3.8) is 0 Å². The van der Waals surface area contributed by atoms with Crippen LogP contribution in [-0.4, -0.2) is 37.8 Å². The third-order valence-corrected chi connectivity index (χ3v) is 5.11. The van der Waals surface area contributed by atoms with Crippen LogP contribution >= 0.6 is 0 Å². The predicted molar refractivity (Wildman–Crippen MR) is 109 cm³/mol. The van der Waals surface area contributed by atoms with E-state index in [4.69, 9.17) is 4.74 Å². The van der Waals surface area contributed by atoms with Gasteiger partial charge >= 0.3 is 11.7 Å². The second-order valence-electron chi connectivity index (χ2n) is 7.27. The van der Waals surface area contributed by atoms with E-state index in [1.54, 1.807) is 14.0 Å². The molecule has 0 atom stereocenters. The number of esters is 1. The zero-order chi connectivity index (χ0) is 20.9. The number of hydrogen-bond acceptors (Lipinski definition) is 6. The SMILES string of the molecule is CCOC(=O)Cn1c(=O)c2c(nc3n2CCN3c2cc(C)cc(C)c2)n(C)c1=O. The van der Waals surface area contributed by atoms with E-state index in [0.717, 1.165) is 21.4 Å². The Morgan fingerprint density at radius 3 is 2.48 bits per heavy atom. The largest absolute Gasteiger partial charge is 0.465 e. The summed E-state index contributed by atoms with van der Waals surface area (Å²) in [5.41, 5.74) is 2.77. The maximum absolute atomic E-state index is 13.1. The van der Waals surface area contributed by atoms with E-state index in [9.17, 15) is 14.4 Å². The quantitative estimate of drug-likeness (QED) is 0.615. The highest BCUT2D eigenvalue weighted by molar-refractivity contribution is 5.78. The summed E-state index contributed by atoms with van der Waals surface area (Å²) < 4.78 is 8.94. The zero-order valence-electron chi connectivity index (χ0n) is 16.9. The summed E-state index contributed by atoms with van der Waals surface area (Å²) in [6.45, 7) is 6.74. The van der Waals surface area contributed by atoms with Gasteiger partial charge in [0.05, 0.1) is 6.61 Å². The van der Waals surface area contributed by atoms with Crippen LogP contribution in [0.25, 0.3) is 11.2 Å². The first kappa shape index (κ1) is 19.0. The maximum atomic E-state index is 13.1. The lowest BCUT2D eigenvalue weighted by Crippen LogP contribution is -2.41. The minimum Gasteiger partial charge on any atom is -0.465 e. The molecule has 152 valence electrons. The summed E-state index contributed by atoms with van der Waals surface area (Å²) in [7, 11) is 1.55. The van der Waals surface area contributed by atoms with Crippen LogP contribution in [0, 0.1) is 13.8 Å². The van der Waals surface area contributed by atoms with Crippen molar-refractivity contribution < 1.29 is 9.53 Å². The highest BCUT2D eigenvalue weighted by atomic mass is 16.5. The summed E-state index contributed by atoms with van der Waals surface area (Å²) in [6, 6.07) is 6.24. The van der Waals surface area contributed by atoms with Crippen molar-refractivity contribution in [1.29, 1.82) is 0 Å². The topological polar surface area (TPSA) is 91.4 Å². The highest BCUT2D eigenvalue weighted by Crippen LogP contribution is 2.32. The van der Waals surface area contributed by atoms with Gasteiger partial charge in [-0.05, 0) is 44.0 Å². The molecule has 29 heavy (non-hydrogen) atoms.